The van der Waals surface area contributed by atoms with Gasteiger partial charge in [-0.05, 0) is 49.1 Å². The number of halogens is 3. The van der Waals surface area contributed by atoms with Crippen molar-refractivity contribution in [3.8, 4) is 0 Å². The topological polar surface area (TPSA) is 63.4 Å². The number of amides is 1. The largest absolute Gasteiger partial charge is 0.416 e. The number of aromatic nitrogens is 3. The Labute approximate surface area is 195 Å². The van der Waals surface area contributed by atoms with Gasteiger partial charge in [0.2, 0.25) is 5.91 Å². The average Bonchev–Trinajstić information content (AvgIpc) is 2.80. The van der Waals surface area contributed by atoms with Gasteiger partial charge in [-0.2, -0.15) is 13.2 Å². The Kier molecular flexibility index (Phi) is 6.29. The summed E-state index contributed by atoms with van der Waals surface area (Å²) in [7, 11) is 1.85. The molecular formula is C25H26F3N5O. The summed E-state index contributed by atoms with van der Waals surface area (Å²) < 4.78 is 42.0. The third-order valence-corrected chi connectivity index (χ3v) is 6.29. The predicted octanol–water partition coefficient (Wildman–Crippen LogP) is 4.59. The maximum absolute atomic E-state index is 13.4. The second-order valence-electron chi connectivity index (χ2n) is 8.53. The Morgan fingerprint density at radius 3 is 2.65 bits per heavy atom. The molecule has 0 saturated heterocycles. The molecule has 0 unspecified atom stereocenters. The van der Waals surface area contributed by atoms with Gasteiger partial charge >= 0.3 is 6.18 Å². The smallest absolute Gasteiger partial charge is 0.339 e. The molecule has 0 aliphatic carbocycles. The molecule has 1 amide bonds. The van der Waals surface area contributed by atoms with Crippen LogP contribution in [0.2, 0.25) is 0 Å². The number of rotatable bonds is 3. The highest BCUT2D eigenvalue weighted by Gasteiger charge is 2.33. The molecule has 0 fully saturated rings. The third kappa shape index (κ3) is 4.60. The maximum Gasteiger partial charge on any atom is 0.416 e. The lowest BCUT2D eigenvalue weighted by Gasteiger charge is -2.25. The number of alkyl halides is 3. The molecule has 0 bridgehead atoms. The van der Waals surface area contributed by atoms with E-state index in [0.717, 1.165) is 28.2 Å². The number of carbonyl (C=O) groups excluding carboxylic acids is 1. The van der Waals surface area contributed by atoms with Crippen LogP contribution in [0.1, 0.15) is 48.7 Å². The quantitative estimate of drug-likeness (QED) is 0.564. The van der Waals surface area contributed by atoms with Gasteiger partial charge in [0.1, 0.15) is 0 Å². The van der Waals surface area contributed by atoms with E-state index >= 15 is 0 Å². The van der Waals surface area contributed by atoms with Crippen LogP contribution in [-0.4, -0.2) is 38.4 Å². The number of aryl methyl sites for hydroxylation is 1. The van der Waals surface area contributed by atoms with Crippen molar-refractivity contribution in [3.63, 3.8) is 0 Å². The van der Waals surface area contributed by atoms with Crippen LogP contribution in [0.25, 0.3) is 16.5 Å². The highest BCUT2D eigenvalue weighted by atomic mass is 19.4. The Morgan fingerprint density at radius 2 is 2.00 bits per heavy atom. The molecule has 1 aromatic carbocycles. The highest BCUT2D eigenvalue weighted by molar-refractivity contribution is 5.81. The first-order valence-corrected chi connectivity index (χ1v) is 11.0. The number of pyridine rings is 1. The van der Waals surface area contributed by atoms with E-state index in [0.29, 0.717) is 30.6 Å². The first-order chi connectivity index (χ1) is 16.1. The summed E-state index contributed by atoms with van der Waals surface area (Å²) in [6, 6.07) is 5.56. The Hall–Kier alpha value is -3.49. The molecule has 3 heterocycles. The van der Waals surface area contributed by atoms with Crippen molar-refractivity contribution in [2.75, 3.05) is 13.1 Å². The SMILES string of the molecule is CC(=O)N1CC=C(c2cc3c(=N[C@H](C)c4cccc(C(F)(F)F)c4C)ncn(C)c3cn2)CC1. The van der Waals surface area contributed by atoms with Crippen molar-refractivity contribution in [2.45, 2.75) is 39.4 Å². The van der Waals surface area contributed by atoms with Crippen LogP contribution in [0, 0.1) is 6.92 Å². The fourth-order valence-electron chi connectivity index (χ4n) is 4.31. The standard InChI is InChI=1S/C25H26F3N5O/c1-15-19(6-5-7-21(15)25(26,27)28)16(2)31-24-20-12-22(29-13-23(20)32(4)14-30-24)18-8-10-33(11-9-18)17(3)34/h5-8,12-14,16H,9-11H2,1-4H3/t16-/m1/s1. The Morgan fingerprint density at radius 1 is 1.24 bits per heavy atom. The molecule has 1 aliphatic rings. The molecule has 9 heteroatoms. The molecular weight excluding hydrogens is 443 g/mol. The summed E-state index contributed by atoms with van der Waals surface area (Å²) in [5.41, 5.74) is 3.10. The molecule has 6 nitrogen and oxygen atoms in total. The zero-order valence-electron chi connectivity index (χ0n) is 19.5. The number of benzene rings is 1. The van der Waals surface area contributed by atoms with Gasteiger partial charge in [-0.15, -0.1) is 0 Å². The van der Waals surface area contributed by atoms with Gasteiger partial charge in [0, 0.05) is 32.4 Å². The summed E-state index contributed by atoms with van der Waals surface area (Å²) in [6.07, 6.45) is 1.65. The molecule has 0 spiro atoms. The third-order valence-electron chi connectivity index (χ3n) is 6.29. The van der Waals surface area contributed by atoms with E-state index in [9.17, 15) is 18.0 Å². The molecule has 0 saturated carbocycles. The Balaban J connectivity index is 1.78. The van der Waals surface area contributed by atoms with Crippen LogP contribution >= 0.6 is 0 Å². The average molecular weight is 470 g/mol. The number of fused-ring (bicyclic) bond motifs is 1. The van der Waals surface area contributed by atoms with Gasteiger partial charge in [0.15, 0.2) is 5.49 Å². The molecule has 178 valence electrons. The number of nitrogens with zero attached hydrogens (tertiary/aromatic N) is 5. The fraction of sp³-hybridized carbons (Fsp3) is 0.360. The second-order valence-corrected chi connectivity index (χ2v) is 8.53. The van der Waals surface area contributed by atoms with Crippen LogP contribution in [0.15, 0.2) is 47.9 Å². The zero-order chi connectivity index (χ0) is 24.6. The zero-order valence-corrected chi connectivity index (χ0v) is 19.5. The monoisotopic (exact) mass is 469 g/mol. The van der Waals surface area contributed by atoms with Gasteiger partial charge in [-0.1, -0.05) is 18.2 Å². The summed E-state index contributed by atoms with van der Waals surface area (Å²) in [6.45, 7) is 5.96. The molecule has 4 rings (SSSR count). The normalized spacial score (nSPS) is 16.0. The summed E-state index contributed by atoms with van der Waals surface area (Å²) in [5, 5.41) is 0.765. The van der Waals surface area contributed by atoms with E-state index in [1.165, 1.54) is 13.0 Å². The first-order valence-electron chi connectivity index (χ1n) is 11.0. The number of carbonyl (C=O) groups is 1. The van der Waals surface area contributed by atoms with E-state index in [1.807, 2.05) is 23.8 Å². The Bertz CT molecular complexity index is 1360. The van der Waals surface area contributed by atoms with Gasteiger partial charge < -0.3 is 9.47 Å². The van der Waals surface area contributed by atoms with Crippen molar-refractivity contribution >= 4 is 22.4 Å². The number of hydrogen-bond acceptors (Lipinski definition) is 4. The van der Waals surface area contributed by atoms with E-state index in [1.54, 1.807) is 37.3 Å². The lowest BCUT2D eigenvalue weighted by Crippen LogP contribution is -2.32. The molecule has 34 heavy (non-hydrogen) atoms. The van der Waals surface area contributed by atoms with Crippen LogP contribution in [0.5, 0.6) is 0 Å². The van der Waals surface area contributed by atoms with E-state index in [2.05, 4.69) is 9.97 Å². The lowest BCUT2D eigenvalue weighted by molar-refractivity contribution is -0.138. The van der Waals surface area contributed by atoms with Crippen molar-refractivity contribution in [1.29, 1.82) is 0 Å². The van der Waals surface area contributed by atoms with Gasteiger partial charge in [0.25, 0.3) is 0 Å². The molecule has 0 N–H and O–H groups in total. The van der Waals surface area contributed by atoms with Crippen LogP contribution in [0.4, 0.5) is 13.2 Å². The number of hydrogen-bond donors (Lipinski definition) is 0. The molecule has 0 radical (unpaired) electrons. The molecule has 1 aliphatic heterocycles. The van der Waals surface area contributed by atoms with Gasteiger partial charge in [0.05, 0.1) is 35.3 Å². The summed E-state index contributed by atoms with van der Waals surface area (Å²) in [5.74, 6) is 0.0398. The summed E-state index contributed by atoms with van der Waals surface area (Å²) >= 11 is 0. The van der Waals surface area contributed by atoms with Crippen LogP contribution in [-0.2, 0) is 18.0 Å². The van der Waals surface area contributed by atoms with Crippen molar-refractivity contribution in [2.24, 2.45) is 12.0 Å². The van der Waals surface area contributed by atoms with E-state index in [-0.39, 0.29) is 11.5 Å². The summed E-state index contributed by atoms with van der Waals surface area (Å²) in [4.78, 5) is 27.2. The lowest BCUT2D eigenvalue weighted by atomic mass is 9.97. The van der Waals surface area contributed by atoms with Crippen molar-refractivity contribution in [3.05, 3.63) is 70.7 Å². The van der Waals surface area contributed by atoms with E-state index < -0.39 is 17.8 Å². The van der Waals surface area contributed by atoms with E-state index in [4.69, 9.17) is 4.99 Å². The minimum absolute atomic E-state index is 0.0398. The minimum atomic E-state index is -4.42. The van der Waals surface area contributed by atoms with Crippen LogP contribution in [0.3, 0.4) is 0 Å². The van der Waals surface area contributed by atoms with Gasteiger partial charge in [-0.25, -0.2) is 4.98 Å². The van der Waals surface area contributed by atoms with Crippen LogP contribution < -0.4 is 5.49 Å². The fourth-order valence-corrected chi connectivity index (χ4v) is 4.31. The minimum Gasteiger partial charge on any atom is -0.339 e. The molecule has 1 atom stereocenters. The second kappa shape index (κ2) is 9.04. The van der Waals surface area contributed by atoms with Crippen molar-refractivity contribution < 1.29 is 18.0 Å². The molecule has 3 aromatic rings. The maximum atomic E-state index is 13.4. The molecule has 2 aromatic heterocycles. The predicted molar refractivity (Wildman–Crippen MR) is 124 cm³/mol. The first kappa shape index (κ1) is 23.7. The van der Waals surface area contributed by atoms with Crippen molar-refractivity contribution in [1.82, 2.24) is 19.4 Å². The highest BCUT2D eigenvalue weighted by Crippen LogP contribution is 2.35. The van der Waals surface area contributed by atoms with Gasteiger partial charge in [-0.3, -0.25) is 14.8 Å².